The van der Waals surface area contributed by atoms with E-state index in [1.807, 2.05) is 6.07 Å². The minimum absolute atomic E-state index is 0.228. The molecule has 1 N–H and O–H groups in total. The molecule has 5 rings (SSSR count). The van der Waals surface area contributed by atoms with Crippen LogP contribution in [-0.2, 0) is 29.5 Å². The van der Waals surface area contributed by atoms with Gasteiger partial charge in [0.2, 0.25) is 10.0 Å². The number of sulfonamides is 1. The summed E-state index contributed by atoms with van der Waals surface area (Å²) in [6.07, 6.45) is 2.79. The number of aromatic nitrogens is 1. The number of anilines is 1. The van der Waals surface area contributed by atoms with Crippen molar-refractivity contribution >= 4 is 32.4 Å². The van der Waals surface area contributed by atoms with Crippen LogP contribution in [0.2, 0.25) is 0 Å². The Morgan fingerprint density at radius 1 is 1.11 bits per heavy atom. The van der Waals surface area contributed by atoms with Crippen LogP contribution in [0.3, 0.4) is 0 Å². The summed E-state index contributed by atoms with van der Waals surface area (Å²) in [6.45, 7) is 5.82. The Morgan fingerprint density at radius 3 is 2.63 bits per heavy atom. The van der Waals surface area contributed by atoms with Gasteiger partial charge in [-0.2, -0.15) is 4.31 Å². The SMILES string of the molecule is C[C@@H]1CCCN(S(=O)(=O)c2ccc(C(=O)Nc3nc4c(s3)CN(Cc3ccccc3)CC4)cc2)C1. The molecule has 0 unspecified atom stereocenters. The number of piperidine rings is 1. The van der Waals surface area contributed by atoms with Gasteiger partial charge in [0.15, 0.2) is 5.13 Å². The number of amides is 1. The van der Waals surface area contributed by atoms with E-state index in [0.29, 0.717) is 29.7 Å². The maximum atomic E-state index is 13.0. The van der Waals surface area contributed by atoms with Crippen LogP contribution in [0.1, 0.15) is 46.3 Å². The molecule has 2 aromatic carbocycles. The van der Waals surface area contributed by atoms with Gasteiger partial charge in [0, 0.05) is 49.6 Å². The summed E-state index contributed by atoms with van der Waals surface area (Å²) < 4.78 is 27.5. The summed E-state index contributed by atoms with van der Waals surface area (Å²) in [7, 11) is -3.54. The number of fused-ring (bicyclic) bond motifs is 1. The second-order valence-electron chi connectivity index (χ2n) is 9.42. The lowest BCUT2D eigenvalue weighted by molar-refractivity contribution is 0.102. The molecule has 0 radical (unpaired) electrons. The van der Waals surface area contributed by atoms with Gasteiger partial charge in [-0.15, -0.1) is 11.3 Å². The molecular formula is C26H30N4O3S2. The van der Waals surface area contributed by atoms with E-state index >= 15 is 0 Å². The van der Waals surface area contributed by atoms with E-state index in [1.54, 1.807) is 16.4 Å². The molecule has 1 amide bonds. The molecule has 0 saturated carbocycles. The van der Waals surface area contributed by atoms with Gasteiger partial charge in [-0.1, -0.05) is 37.3 Å². The number of carbonyl (C=O) groups is 1. The van der Waals surface area contributed by atoms with E-state index in [2.05, 4.69) is 46.4 Å². The second kappa shape index (κ2) is 10.2. The van der Waals surface area contributed by atoms with Gasteiger partial charge >= 0.3 is 0 Å². The number of hydrogen-bond donors (Lipinski definition) is 1. The lowest BCUT2D eigenvalue weighted by Gasteiger charge is -2.30. The topological polar surface area (TPSA) is 82.6 Å². The van der Waals surface area contributed by atoms with Crippen molar-refractivity contribution < 1.29 is 13.2 Å². The maximum absolute atomic E-state index is 13.0. The zero-order valence-electron chi connectivity index (χ0n) is 19.8. The molecule has 0 aliphatic carbocycles. The summed E-state index contributed by atoms with van der Waals surface area (Å²) in [5.74, 6) is 0.0749. The fraction of sp³-hybridized carbons (Fsp3) is 0.385. The molecule has 3 heterocycles. The highest BCUT2D eigenvalue weighted by Gasteiger charge is 2.29. The van der Waals surface area contributed by atoms with E-state index in [-0.39, 0.29) is 10.8 Å². The first-order chi connectivity index (χ1) is 16.9. The minimum atomic E-state index is -3.54. The monoisotopic (exact) mass is 510 g/mol. The Morgan fingerprint density at radius 2 is 1.89 bits per heavy atom. The molecule has 1 saturated heterocycles. The predicted molar refractivity (Wildman–Crippen MR) is 138 cm³/mol. The summed E-state index contributed by atoms with van der Waals surface area (Å²) >= 11 is 1.51. The van der Waals surface area contributed by atoms with Crippen LogP contribution in [0.15, 0.2) is 59.5 Å². The molecule has 3 aromatic rings. The number of nitrogens with zero attached hydrogens (tertiary/aromatic N) is 3. The quantitative estimate of drug-likeness (QED) is 0.532. The van der Waals surface area contributed by atoms with Crippen molar-refractivity contribution in [2.75, 3.05) is 25.0 Å². The number of thiazole rings is 1. The first kappa shape index (κ1) is 24.1. The van der Waals surface area contributed by atoms with Gasteiger partial charge in [-0.25, -0.2) is 13.4 Å². The number of carbonyl (C=O) groups excluding carboxylic acids is 1. The Balaban J connectivity index is 1.22. The van der Waals surface area contributed by atoms with Crippen LogP contribution in [0, 0.1) is 5.92 Å². The van der Waals surface area contributed by atoms with Gasteiger partial charge < -0.3 is 0 Å². The lowest BCUT2D eigenvalue weighted by atomic mass is 10.0. The molecule has 1 atom stereocenters. The highest BCUT2D eigenvalue weighted by Crippen LogP contribution is 2.29. The normalized spacial score (nSPS) is 19.3. The van der Waals surface area contributed by atoms with E-state index in [1.165, 1.54) is 33.9 Å². The van der Waals surface area contributed by atoms with Gasteiger partial charge in [-0.3, -0.25) is 15.0 Å². The Kier molecular flexibility index (Phi) is 7.02. The van der Waals surface area contributed by atoms with Crippen molar-refractivity contribution in [3.05, 3.63) is 76.3 Å². The molecule has 1 aromatic heterocycles. The third-order valence-electron chi connectivity index (χ3n) is 6.65. The van der Waals surface area contributed by atoms with Crippen LogP contribution in [-0.4, -0.2) is 48.1 Å². The van der Waals surface area contributed by atoms with Gasteiger partial charge in [-0.05, 0) is 48.6 Å². The Hall–Kier alpha value is -2.59. The van der Waals surface area contributed by atoms with E-state index < -0.39 is 10.0 Å². The molecule has 1 fully saturated rings. The molecule has 9 heteroatoms. The van der Waals surface area contributed by atoms with Crippen LogP contribution in [0.25, 0.3) is 0 Å². The van der Waals surface area contributed by atoms with E-state index in [4.69, 9.17) is 0 Å². The standard InChI is InChI=1S/C26H30N4O3S2/c1-19-6-5-14-30(16-19)35(32,33)22-11-9-21(10-12-22)25(31)28-26-27-23-13-15-29(18-24(23)34-26)17-20-7-3-2-4-8-20/h2-4,7-12,19H,5-6,13-18H2,1H3,(H,27,28,31)/t19-/m1/s1. The van der Waals surface area contributed by atoms with Crippen LogP contribution < -0.4 is 5.32 Å². The molecular weight excluding hydrogens is 480 g/mol. The Labute approximate surface area is 210 Å². The van der Waals surface area contributed by atoms with Gasteiger partial charge in [0.05, 0.1) is 10.6 Å². The summed E-state index contributed by atoms with van der Waals surface area (Å²) in [4.78, 5) is 21.3. The summed E-state index contributed by atoms with van der Waals surface area (Å²) in [5.41, 5.74) is 2.75. The highest BCUT2D eigenvalue weighted by atomic mass is 32.2. The molecule has 2 aliphatic rings. The van der Waals surface area contributed by atoms with E-state index in [0.717, 1.165) is 44.6 Å². The maximum Gasteiger partial charge on any atom is 0.257 e. The van der Waals surface area contributed by atoms with Crippen molar-refractivity contribution in [3.8, 4) is 0 Å². The summed E-state index contributed by atoms with van der Waals surface area (Å²) in [5, 5.41) is 3.48. The number of benzene rings is 2. The van der Waals surface area contributed by atoms with Crippen molar-refractivity contribution in [2.24, 2.45) is 5.92 Å². The summed E-state index contributed by atoms with van der Waals surface area (Å²) in [6, 6.07) is 16.6. The number of hydrogen-bond acceptors (Lipinski definition) is 6. The van der Waals surface area contributed by atoms with Gasteiger partial charge in [0.1, 0.15) is 0 Å². The van der Waals surface area contributed by atoms with Crippen molar-refractivity contribution in [1.29, 1.82) is 0 Å². The Bertz CT molecular complexity index is 1290. The first-order valence-corrected chi connectivity index (χ1v) is 14.3. The van der Waals surface area contributed by atoms with Crippen molar-refractivity contribution in [1.82, 2.24) is 14.2 Å². The van der Waals surface area contributed by atoms with E-state index in [9.17, 15) is 13.2 Å². The second-order valence-corrected chi connectivity index (χ2v) is 12.4. The zero-order valence-corrected chi connectivity index (χ0v) is 21.4. The van der Waals surface area contributed by atoms with Crippen LogP contribution in [0.4, 0.5) is 5.13 Å². The minimum Gasteiger partial charge on any atom is -0.298 e. The zero-order chi connectivity index (χ0) is 24.4. The fourth-order valence-electron chi connectivity index (χ4n) is 4.74. The third-order valence-corrected chi connectivity index (χ3v) is 9.53. The molecule has 35 heavy (non-hydrogen) atoms. The third kappa shape index (κ3) is 5.48. The largest absolute Gasteiger partial charge is 0.298 e. The average molecular weight is 511 g/mol. The predicted octanol–water partition coefficient (Wildman–Crippen LogP) is 4.37. The highest BCUT2D eigenvalue weighted by molar-refractivity contribution is 7.89. The lowest BCUT2D eigenvalue weighted by Crippen LogP contribution is -2.39. The number of nitrogens with one attached hydrogen (secondary N) is 1. The van der Waals surface area contributed by atoms with Crippen LogP contribution in [0.5, 0.6) is 0 Å². The molecule has 7 nitrogen and oxygen atoms in total. The van der Waals surface area contributed by atoms with Crippen LogP contribution >= 0.6 is 11.3 Å². The van der Waals surface area contributed by atoms with Crippen molar-refractivity contribution in [3.63, 3.8) is 0 Å². The number of rotatable bonds is 6. The molecule has 0 spiro atoms. The molecule has 184 valence electrons. The first-order valence-electron chi connectivity index (χ1n) is 12.0. The molecule has 2 aliphatic heterocycles. The average Bonchev–Trinajstić information content (AvgIpc) is 3.26. The fourth-order valence-corrected chi connectivity index (χ4v) is 7.38. The molecule has 0 bridgehead atoms. The smallest absolute Gasteiger partial charge is 0.257 e. The van der Waals surface area contributed by atoms with Gasteiger partial charge in [0.25, 0.3) is 5.91 Å². The van der Waals surface area contributed by atoms with Crippen molar-refractivity contribution in [2.45, 2.75) is 44.2 Å².